The molecule has 0 aromatic heterocycles. The maximum atomic E-state index is 12.0. The molecule has 1 aromatic carbocycles. The van der Waals surface area contributed by atoms with Crippen LogP contribution < -0.4 is 4.72 Å². The van der Waals surface area contributed by atoms with Gasteiger partial charge in [0, 0.05) is 16.8 Å². The largest absolute Gasteiger partial charge is 0.243 e. The molecule has 1 rings (SSSR count). The van der Waals surface area contributed by atoms with Gasteiger partial charge in [-0.2, -0.15) is 0 Å². The summed E-state index contributed by atoms with van der Waals surface area (Å²) in [5.41, 5.74) is 0. The van der Waals surface area contributed by atoms with Crippen LogP contribution in [0.15, 0.2) is 27.6 Å². The lowest BCUT2D eigenvalue weighted by atomic mass is 10.4. The summed E-state index contributed by atoms with van der Waals surface area (Å²) >= 11 is 10.6. The molecule has 98 valence electrons. The highest BCUT2D eigenvalue weighted by molar-refractivity contribution is 9.10. The molecule has 1 N–H and O–H groups in total. The van der Waals surface area contributed by atoms with Gasteiger partial charge in [-0.3, -0.25) is 0 Å². The number of hydrogen-bond donors (Lipinski definition) is 1. The van der Waals surface area contributed by atoms with Crippen LogP contribution in [-0.2, 0) is 10.0 Å². The third kappa shape index (κ3) is 4.48. The van der Waals surface area contributed by atoms with E-state index in [-0.39, 0.29) is 9.92 Å². The fourth-order valence-corrected chi connectivity index (χ4v) is 4.59. The second-order valence-corrected chi connectivity index (χ2v) is 7.28. The topological polar surface area (TPSA) is 46.2 Å². The van der Waals surface area contributed by atoms with Crippen LogP contribution in [0.5, 0.6) is 0 Å². The van der Waals surface area contributed by atoms with Gasteiger partial charge in [-0.25, -0.2) is 13.1 Å². The van der Waals surface area contributed by atoms with Crippen LogP contribution in [0.4, 0.5) is 0 Å². The molecule has 0 unspecified atom stereocenters. The van der Waals surface area contributed by atoms with Crippen molar-refractivity contribution in [3.8, 4) is 12.3 Å². The van der Waals surface area contributed by atoms with E-state index in [1.54, 1.807) is 12.1 Å². The highest BCUT2D eigenvalue weighted by Gasteiger charge is 2.20. The summed E-state index contributed by atoms with van der Waals surface area (Å²) in [4.78, 5) is 0.0635. The summed E-state index contributed by atoms with van der Waals surface area (Å²) in [6.07, 6.45) is 5.09. The summed E-state index contributed by atoms with van der Waals surface area (Å²) in [6, 6.07) is 4.84. The smallest absolute Gasteiger partial charge is 0.210 e. The molecule has 0 fully saturated rings. The van der Waals surface area contributed by atoms with Crippen molar-refractivity contribution < 1.29 is 8.42 Å². The normalized spacial score (nSPS) is 11.2. The van der Waals surface area contributed by atoms with Gasteiger partial charge in [0.15, 0.2) is 0 Å². The minimum absolute atomic E-state index is 0.0635. The molecular weight excluding hydrogens is 358 g/mol. The quantitative estimate of drug-likeness (QED) is 0.620. The zero-order chi connectivity index (χ0) is 13.6. The number of thioether (sulfide) groups is 1. The Balaban J connectivity index is 2.73. The van der Waals surface area contributed by atoms with Crippen LogP contribution in [0, 0.1) is 12.3 Å². The Morgan fingerprint density at radius 2 is 2.22 bits per heavy atom. The van der Waals surface area contributed by atoms with Gasteiger partial charge < -0.3 is 0 Å². The fourth-order valence-electron chi connectivity index (χ4n) is 1.19. The average Bonchev–Trinajstić information content (AvgIpc) is 2.28. The van der Waals surface area contributed by atoms with Crippen molar-refractivity contribution in [2.45, 2.75) is 4.90 Å². The van der Waals surface area contributed by atoms with Crippen LogP contribution in [0.1, 0.15) is 0 Å². The molecule has 0 radical (unpaired) electrons. The molecule has 3 nitrogen and oxygen atoms in total. The van der Waals surface area contributed by atoms with Crippen molar-refractivity contribution in [1.82, 2.24) is 4.72 Å². The van der Waals surface area contributed by atoms with Crippen molar-refractivity contribution in [2.75, 3.05) is 18.1 Å². The standard InChI is InChI=1S/C11H11BrClNO2S2/c1-2-7-17-8-6-14-18(15,16)11-9(12)4-3-5-10(11)13/h1,3-5,14H,6-8H2. The zero-order valence-corrected chi connectivity index (χ0v) is 13.3. The average molecular weight is 369 g/mol. The van der Waals surface area contributed by atoms with E-state index in [0.717, 1.165) is 0 Å². The third-order valence-corrected chi connectivity index (χ3v) is 5.69. The Morgan fingerprint density at radius 3 is 2.83 bits per heavy atom. The monoisotopic (exact) mass is 367 g/mol. The van der Waals surface area contributed by atoms with E-state index >= 15 is 0 Å². The lowest BCUT2D eigenvalue weighted by Gasteiger charge is -2.09. The van der Waals surface area contributed by atoms with Crippen molar-refractivity contribution in [3.05, 3.63) is 27.7 Å². The minimum atomic E-state index is -3.60. The Kier molecular flexibility index (Phi) is 6.53. The van der Waals surface area contributed by atoms with Gasteiger partial charge in [0.05, 0.1) is 10.8 Å². The van der Waals surface area contributed by atoms with E-state index in [2.05, 4.69) is 26.6 Å². The van der Waals surface area contributed by atoms with Gasteiger partial charge in [-0.1, -0.05) is 23.6 Å². The van der Waals surface area contributed by atoms with Crippen LogP contribution in [-0.4, -0.2) is 26.5 Å². The molecule has 0 aliphatic rings. The Morgan fingerprint density at radius 1 is 1.50 bits per heavy atom. The molecule has 1 aromatic rings. The molecule has 18 heavy (non-hydrogen) atoms. The Labute approximate surface area is 125 Å². The maximum absolute atomic E-state index is 12.0. The lowest BCUT2D eigenvalue weighted by molar-refractivity contribution is 0.584. The van der Waals surface area contributed by atoms with E-state index in [1.807, 2.05) is 0 Å². The molecule has 0 saturated carbocycles. The Hall–Kier alpha value is -0.190. The molecule has 7 heteroatoms. The molecule has 0 atom stereocenters. The van der Waals surface area contributed by atoms with Crippen molar-refractivity contribution in [3.63, 3.8) is 0 Å². The van der Waals surface area contributed by atoms with E-state index in [1.165, 1.54) is 17.8 Å². The molecule has 0 bridgehead atoms. The van der Waals surface area contributed by atoms with Crippen molar-refractivity contribution >= 4 is 49.3 Å². The van der Waals surface area contributed by atoms with Gasteiger partial charge in [0.2, 0.25) is 10.0 Å². The van der Waals surface area contributed by atoms with Gasteiger partial charge in [-0.15, -0.1) is 18.2 Å². The number of terminal acetylenes is 1. The van der Waals surface area contributed by atoms with Gasteiger partial charge in [0.25, 0.3) is 0 Å². The summed E-state index contributed by atoms with van der Waals surface area (Å²) in [5, 5.41) is 0.188. The summed E-state index contributed by atoms with van der Waals surface area (Å²) < 4.78 is 27.0. The highest BCUT2D eigenvalue weighted by Crippen LogP contribution is 2.28. The first kappa shape index (κ1) is 15.9. The second kappa shape index (κ2) is 7.41. The molecular formula is C11H11BrClNO2S2. The first-order valence-electron chi connectivity index (χ1n) is 4.94. The van der Waals surface area contributed by atoms with E-state index in [9.17, 15) is 8.42 Å². The molecule has 0 saturated heterocycles. The molecule has 0 aliphatic heterocycles. The first-order chi connectivity index (χ1) is 8.49. The number of benzene rings is 1. The molecule has 0 spiro atoms. The SMILES string of the molecule is C#CCSCCNS(=O)(=O)c1c(Cl)cccc1Br. The zero-order valence-electron chi connectivity index (χ0n) is 9.32. The Bertz CT molecular complexity index is 534. The number of nitrogens with one attached hydrogen (secondary N) is 1. The maximum Gasteiger partial charge on any atom is 0.243 e. The van der Waals surface area contributed by atoms with E-state index in [4.69, 9.17) is 18.0 Å². The molecule has 0 heterocycles. The predicted molar refractivity (Wildman–Crippen MR) is 80.5 cm³/mol. The van der Waals surface area contributed by atoms with E-state index < -0.39 is 10.0 Å². The van der Waals surface area contributed by atoms with Crippen molar-refractivity contribution in [1.29, 1.82) is 0 Å². The number of hydrogen-bond acceptors (Lipinski definition) is 3. The lowest BCUT2D eigenvalue weighted by Crippen LogP contribution is -2.26. The van der Waals surface area contributed by atoms with Gasteiger partial charge >= 0.3 is 0 Å². The summed E-state index contributed by atoms with van der Waals surface area (Å²) in [7, 11) is -3.60. The minimum Gasteiger partial charge on any atom is -0.210 e. The number of sulfonamides is 1. The highest BCUT2D eigenvalue weighted by atomic mass is 79.9. The first-order valence-corrected chi connectivity index (χ1v) is 8.75. The van der Waals surface area contributed by atoms with Crippen LogP contribution in [0.25, 0.3) is 0 Å². The number of rotatable bonds is 6. The third-order valence-electron chi connectivity index (χ3n) is 1.91. The fraction of sp³-hybridized carbons (Fsp3) is 0.273. The summed E-state index contributed by atoms with van der Waals surface area (Å²) in [6.45, 7) is 0.312. The van der Waals surface area contributed by atoms with Crippen molar-refractivity contribution in [2.24, 2.45) is 0 Å². The van der Waals surface area contributed by atoms with E-state index in [0.29, 0.717) is 22.5 Å². The van der Waals surface area contributed by atoms with Gasteiger partial charge in [-0.05, 0) is 28.1 Å². The van der Waals surface area contributed by atoms with Crippen LogP contribution in [0.2, 0.25) is 5.02 Å². The molecule has 0 amide bonds. The van der Waals surface area contributed by atoms with Crippen LogP contribution in [0.3, 0.4) is 0 Å². The summed E-state index contributed by atoms with van der Waals surface area (Å²) in [5.74, 6) is 3.66. The van der Waals surface area contributed by atoms with Gasteiger partial charge in [0.1, 0.15) is 4.90 Å². The number of halogens is 2. The van der Waals surface area contributed by atoms with Crippen LogP contribution >= 0.6 is 39.3 Å². The second-order valence-electron chi connectivity index (χ2n) is 3.21. The predicted octanol–water partition coefficient (Wildman–Crippen LogP) is 2.75. The molecule has 0 aliphatic carbocycles.